The number of likely N-dealkylation sites (tertiary alicyclic amines) is 1. The van der Waals surface area contributed by atoms with Gasteiger partial charge in [0.2, 0.25) is 0 Å². The average molecular weight is 386 g/mol. The lowest BCUT2D eigenvalue weighted by Gasteiger charge is -2.46. The number of carbonyl (C=O) groups excluding carboxylic acids is 1. The van der Waals surface area contributed by atoms with Gasteiger partial charge in [-0.3, -0.25) is 0 Å². The van der Waals surface area contributed by atoms with E-state index in [-0.39, 0.29) is 6.09 Å². The lowest BCUT2D eigenvalue weighted by Crippen LogP contribution is -2.47. The molecule has 1 amide bonds. The average Bonchev–Trinajstić information content (AvgIpc) is 2.76. The summed E-state index contributed by atoms with van der Waals surface area (Å²) in [5, 5.41) is 3.45. The Labute approximate surface area is 169 Å². The maximum absolute atomic E-state index is 12.4. The van der Waals surface area contributed by atoms with Gasteiger partial charge < -0.3 is 19.9 Å². The molecule has 5 nitrogen and oxygen atoms in total. The maximum atomic E-state index is 12.4. The Kier molecular flexibility index (Phi) is 6.53. The molecular formula is C23H35N3O2. The second-order valence-electron chi connectivity index (χ2n) is 9.02. The van der Waals surface area contributed by atoms with Crippen molar-refractivity contribution in [2.75, 3.05) is 45.8 Å². The minimum Gasteiger partial charge on any atom is -0.445 e. The first-order valence-corrected chi connectivity index (χ1v) is 11.1. The van der Waals surface area contributed by atoms with E-state index < -0.39 is 0 Å². The van der Waals surface area contributed by atoms with Crippen LogP contribution in [0.3, 0.4) is 0 Å². The zero-order chi connectivity index (χ0) is 19.2. The van der Waals surface area contributed by atoms with Crippen molar-refractivity contribution in [3.8, 4) is 0 Å². The molecule has 3 aliphatic rings. The number of carbonyl (C=O) groups is 1. The summed E-state index contributed by atoms with van der Waals surface area (Å²) in [5.41, 5.74) is 1.53. The van der Waals surface area contributed by atoms with Crippen molar-refractivity contribution in [2.24, 2.45) is 11.3 Å². The summed E-state index contributed by atoms with van der Waals surface area (Å²) in [6, 6.07) is 9.93. The summed E-state index contributed by atoms with van der Waals surface area (Å²) < 4.78 is 5.52. The zero-order valence-corrected chi connectivity index (χ0v) is 17.1. The fourth-order valence-corrected chi connectivity index (χ4v) is 5.21. The molecule has 2 saturated heterocycles. The van der Waals surface area contributed by atoms with Crippen molar-refractivity contribution in [1.82, 2.24) is 15.1 Å². The molecule has 3 fully saturated rings. The molecular weight excluding hydrogens is 350 g/mol. The van der Waals surface area contributed by atoms with E-state index in [2.05, 4.69) is 10.2 Å². The van der Waals surface area contributed by atoms with Gasteiger partial charge in [-0.15, -0.1) is 0 Å². The van der Waals surface area contributed by atoms with Gasteiger partial charge in [0.05, 0.1) is 0 Å². The number of hydrogen-bond donors (Lipinski definition) is 1. The van der Waals surface area contributed by atoms with Gasteiger partial charge in [-0.2, -0.15) is 0 Å². The van der Waals surface area contributed by atoms with Crippen molar-refractivity contribution in [2.45, 2.75) is 45.1 Å². The molecule has 28 heavy (non-hydrogen) atoms. The summed E-state index contributed by atoms with van der Waals surface area (Å²) in [5.74, 6) is 0.873. The van der Waals surface area contributed by atoms with E-state index in [9.17, 15) is 4.79 Å². The van der Waals surface area contributed by atoms with Crippen LogP contribution in [0.15, 0.2) is 30.3 Å². The van der Waals surface area contributed by atoms with Crippen LogP contribution in [-0.2, 0) is 11.3 Å². The Morgan fingerprint density at radius 3 is 2.36 bits per heavy atom. The van der Waals surface area contributed by atoms with Gasteiger partial charge >= 0.3 is 6.09 Å². The second kappa shape index (κ2) is 9.27. The molecule has 1 aliphatic carbocycles. The van der Waals surface area contributed by atoms with Gasteiger partial charge in [-0.1, -0.05) is 30.3 Å². The molecule has 1 N–H and O–H groups in total. The Bertz CT molecular complexity index is 612. The second-order valence-corrected chi connectivity index (χ2v) is 9.02. The Morgan fingerprint density at radius 2 is 1.68 bits per heavy atom. The third-order valence-electron chi connectivity index (χ3n) is 7.18. The minimum atomic E-state index is -0.147. The van der Waals surface area contributed by atoms with Crippen molar-refractivity contribution in [3.63, 3.8) is 0 Å². The monoisotopic (exact) mass is 385 g/mol. The number of nitrogens with one attached hydrogen (secondary N) is 1. The number of piperazine rings is 1. The predicted molar refractivity (Wildman–Crippen MR) is 111 cm³/mol. The summed E-state index contributed by atoms with van der Waals surface area (Å²) in [6.07, 6.45) is 7.56. The molecule has 0 unspecified atom stereocenters. The van der Waals surface area contributed by atoms with Gasteiger partial charge in [0.1, 0.15) is 6.61 Å². The quantitative estimate of drug-likeness (QED) is 0.862. The van der Waals surface area contributed by atoms with Gasteiger partial charge in [0.25, 0.3) is 0 Å². The smallest absolute Gasteiger partial charge is 0.410 e. The van der Waals surface area contributed by atoms with E-state index in [1.807, 2.05) is 35.2 Å². The number of rotatable bonds is 4. The van der Waals surface area contributed by atoms with Crippen molar-refractivity contribution >= 4 is 6.09 Å². The highest BCUT2D eigenvalue weighted by Crippen LogP contribution is 2.46. The van der Waals surface area contributed by atoms with Crippen LogP contribution in [0.2, 0.25) is 0 Å². The van der Waals surface area contributed by atoms with Crippen LogP contribution in [0.5, 0.6) is 0 Å². The van der Waals surface area contributed by atoms with E-state index in [4.69, 9.17) is 4.74 Å². The topological polar surface area (TPSA) is 44.8 Å². The van der Waals surface area contributed by atoms with Crippen LogP contribution in [-0.4, -0.2) is 61.7 Å². The Morgan fingerprint density at radius 1 is 1.00 bits per heavy atom. The van der Waals surface area contributed by atoms with Crippen molar-refractivity contribution in [1.29, 1.82) is 0 Å². The Hall–Kier alpha value is -1.59. The number of amides is 1. The summed E-state index contributed by atoms with van der Waals surface area (Å²) in [7, 11) is 0. The summed E-state index contributed by atoms with van der Waals surface area (Å²) >= 11 is 0. The molecule has 2 aliphatic heterocycles. The van der Waals surface area contributed by atoms with Gasteiger partial charge in [0.15, 0.2) is 0 Å². The normalized spacial score (nSPS) is 23.6. The van der Waals surface area contributed by atoms with Gasteiger partial charge in [0, 0.05) is 45.8 Å². The number of nitrogens with zero attached hydrogens (tertiary/aromatic N) is 2. The summed E-state index contributed by atoms with van der Waals surface area (Å²) in [6.45, 7) is 8.08. The highest BCUT2D eigenvalue weighted by atomic mass is 16.6. The van der Waals surface area contributed by atoms with Crippen LogP contribution in [0.4, 0.5) is 4.79 Å². The highest BCUT2D eigenvalue weighted by molar-refractivity contribution is 5.67. The number of ether oxygens (including phenoxy) is 1. The molecule has 1 saturated carbocycles. The first kappa shape index (κ1) is 19.7. The first-order valence-electron chi connectivity index (χ1n) is 11.1. The van der Waals surface area contributed by atoms with Crippen molar-refractivity contribution < 1.29 is 9.53 Å². The summed E-state index contributed by atoms with van der Waals surface area (Å²) in [4.78, 5) is 17.0. The highest BCUT2D eigenvalue weighted by Gasteiger charge is 2.39. The molecule has 0 atom stereocenters. The molecule has 1 spiro atoms. The largest absolute Gasteiger partial charge is 0.445 e. The minimum absolute atomic E-state index is 0.147. The van der Waals surface area contributed by atoms with Gasteiger partial charge in [-0.05, 0) is 55.4 Å². The molecule has 2 heterocycles. The predicted octanol–water partition coefficient (Wildman–Crippen LogP) is 3.50. The Balaban J connectivity index is 1.18. The van der Waals surface area contributed by atoms with E-state index in [0.29, 0.717) is 12.0 Å². The SMILES string of the molecule is O=C(OCc1ccccc1)N1CCC2(CCC(CN3CCNCC3)CC2)CC1. The van der Waals surface area contributed by atoms with Crippen LogP contribution < -0.4 is 5.32 Å². The molecule has 5 heteroatoms. The molecule has 154 valence electrons. The number of hydrogen-bond acceptors (Lipinski definition) is 4. The molecule has 0 radical (unpaired) electrons. The van der Waals surface area contributed by atoms with E-state index in [0.717, 1.165) is 50.5 Å². The lowest BCUT2D eigenvalue weighted by molar-refractivity contribution is 0.0320. The van der Waals surface area contributed by atoms with Crippen LogP contribution in [0.25, 0.3) is 0 Å². The van der Waals surface area contributed by atoms with Crippen LogP contribution in [0.1, 0.15) is 44.1 Å². The fourth-order valence-electron chi connectivity index (χ4n) is 5.21. The van der Waals surface area contributed by atoms with E-state index >= 15 is 0 Å². The third-order valence-corrected chi connectivity index (χ3v) is 7.18. The number of piperidine rings is 1. The van der Waals surface area contributed by atoms with E-state index in [1.165, 1.54) is 45.3 Å². The molecule has 0 bridgehead atoms. The maximum Gasteiger partial charge on any atom is 0.410 e. The van der Waals surface area contributed by atoms with Gasteiger partial charge in [-0.25, -0.2) is 4.79 Å². The molecule has 0 aromatic heterocycles. The van der Waals surface area contributed by atoms with Crippen LogP contribution >= 0.6 is 0 Å². The molecule has 1 aromatic carbocycles. The fraction of sp³-hybridized carbons (Fsp3) is 0.696. The third kappa shape index (κ3) is 5.06. The van der Waals surface area contributed by atoms with E-state index in [1.54, 1.807) is 0 Å². The number of benzene rings is 1. The standard InChI is InChI=1S/C23H35N3O2/c27-22(28-19-21-4-2-1-3-5-21)26-14-10-23(11-15-26)8-6-20(7-9-23)18-25-16-12-24-13-17-25/h1-5,20,24H,6-19H2. The molecule has 1 aromatic rings. The van der Waals surface area contributed by atoms with Crippen LogP contribution in [0, 0.1) is 11.3 Å². The first-order chi connectivity index (χ1) is 13.7. The molecule has 4 rings (SSSR count). The zero-order valence-electron chi connectivity index (χ0n) is 17.1. The lowest BCUT2D eigenvalue weighted by atomic mass is 9.65. The van der Waals surface area contributed by atoms with Crippen molar-refractivity contribution in [3.05, 3.63) is 35.9 Å².